The number of aliphatic hydroxyl groups is 1. The first-order valence-electron chi connectivity index (χ1n) is 11.2. The minimum absolute atomic E-state index is 0.350. The lowest BCUT2D eigenvalue weighted by Crippen LogP contribution is -2.39. The van der Waals surface area contributed by atoms with Gasteiger partial charge in [0.2, 0.25) is 5.60 Å². The largest absolute Gasteiger partial charge is 0.453 e. The Morgan fingerprint density at radius 3 is 1.97 bits per heavy atom. The van der Waals surface area contributed by atoms with Gasteiger partial charge in [0, 0.05) is 0 Å². The second-order valence-corrected chi connectivity index (χ2v) is 8.36. The van der Waals surface area contributed by atoms with Crippen molar-refractivity contribution < 1.29 is 19.4 Å². The fraction of sp³-hybridized carbons (Fsp3) is 0.179. The number of carbonyl (C=O) groups excluding carboxylic acids is 2. The van der Waals surface area contributed by atoms with Crippen LogP contribution in [0.15, 0.2) is 84.9 Å². The molecule has 4 aromatic rings. The van der Waals surface area contributed by atoms with Gasteiger partial charge in [0.1, 0.15) is 0 Å². The van der Waals surface area contributed by atoms with E-state index >= 15 is 0 Å². The molecule has 0 aliphatic rings. The molecule has 178 valence electrons. The molecule has 0 radical (unpaired) electrons. The highest BCUT2D eigenvalue weighted by molar-refractivity contribution is 5.95. The van der Waals surface area contributed by atoms with Crippen LogP contribution in [0.3, 0.4) is 0 Å². The molecule has 2 N–H and O–H groups in total. The van der Waals surface area contributed by atoms with Gasteiger partial charge in [-0.3, -0.25) is 4.79 Å². The molecule has 0 aliphatic carbocycles. The van der Waals surface area contributed by atoms with Crippen molar-refractivity contribution in [3.63, 3.8) is 0 Å². The maximum Gasteiger partial charge on any atom is 0.348 e. The number of carbonyl (C=O) groups is 2. The van der Waals surface area contributed by atoms with Gasteiger partial charge in [-0.1, -0.05) is 78.4 Å². The maximum atomic E-state index is 13.1. The van der Waals surface area contributed by atoms with Crippen LogP contribution in [-0.4, -0.2) is 33.4 Å². The van der Waals surface area contributed by atoms with Crippen molar-refractivity contribution in [1.82, 2.24) is 9.78 Å². The first-order valence-corrected chi connectivity index (χ1v) is 11.2. The minimum Gasteiger partial charge on any atom is -0.453 e. The van der Waals surface area contributed by atoms with Gasteiger partial charge >= 0.3 is 5.97 Å². The number of nitrogens with zero attached hydrogens (tertiary/aromatic N) is 2. The lowest BCUT2D eigenvalue weighted by atomic mass is 9.86. The number of amides is 1. The van der Waals surface area contributed by atoms with E-state index in [-0.39, 0.29) is 0 Å². The van der Waals surface area contributed by atoms with Crippen LogP contribution in [0.2, 0.25) is 0 Å². The molecule has 1 amide bonds. The number of hydrogen-bond acceptors (Lipinski definition) is 5. The molecule has 1 aromatic heterocycles. The zero-order chi connectivity index (χ0) is 25.0. The second kappa shape index (κ2) is 9.95. The van der Waals surface area contributed by atoms with Crippen molar-refractivity contribution in [3.8, 4) is 5.69 Å². The van der Waals surface area contributed by atoms with Crippen molar-refractivity contribution in [1.29, 1.82) is 0 Å². The average Bonchev–Trinajstić information content (AvgIpc) is 3.16. The summed E-state index contributed by atoms with van der Waals surface area (Å²) in [5.41, 5.74) is 2.59. The summed E-state index contributed by atoms with van der Waals surface area (Å²) in [5, 5.41) is 18.8. The third kappa shape index (κ3) is 4.85. The Morgan fingerprint density at radius 1 is 0.886 bits per heavy atom. The number of ether oxygens (including phenoxy) is 1. The summed E-state index contributed by atoms with van der Waals surface area (Å²) in [4.78, 5) is 25.8. The summed E-state index contributed by atoms with van der Waals surface area (Å²) >= 11 is 0. The van der Waals surface area contributed by atoms with Crippen LogP contribution in [-0.2, 0) is 19.9 Å². The highest BCUT2D eigenvalue weighted by Crippen LogP contribution is 2.31. The summed E-state index contributed by atoms with van der Waals surface area (Å²) in [7, 11) is 0. The van der Waals surface area contributed by atoms with Crippen LogP contribution in [0.25, 0.3) is 5.69 Å². The molecular formula is C28H27N3O4. The number of nitrogens with one attached hydrogen (secondary N) is 1. The van der Waals surface area contributed by atoms with Crippen LogP contribution >= 0.6 is 0 Å². The van der Waals surface area contributed by atoms with Gasteiger partial charge in [-0.05, 0) is 44.0 Å². The molecule has 35 heavy (non-hydrogen) atoms. The highest BCUT2D eigenvalue weighted by atomic mass is 16.6. The van der Waals surface area contributed by atoms with E-state index in [4.69, 9.17) is 4.74 Å². The van der Waals surface area contributed by atoms with Crippen LogP contribution in [0.4, 0.5) is 5.69 Å². The Morgan fingerprint density at radius 2 is 1.43 bits per heavy atom. The molecule has 0 unspecified atom stereocenters. The maximum absolute atomic E-state index is 13.1. The first-order chi connectivity index (χ1) is 16.8. The lowest BCUT2D eigenvalue weighted by Gasteiger charge is -2.26. The molecule has 0 aliphatic heterocycles. The molecule has 0 atom stereocenters. The van der Waals surface area contributed by atoms with Gasteiger partial charge in [-0.2, -0.15) is 5.10 Å². The summed E-state index contributed by atoms with van der Waals surface area (Å²) in [6, 6.07) is 24.9. The Kier molecular flexibility index (Phi) is 6.80. The van der Waals surface area contributed by atoms with Crippen molar-refractivity contribution in [3.05, 3.63) is 113 Å². The van der Waals surface area contributed by atoms with E-state index in [2.05, 4.69) is 10.4 Å². The van der Waals surface area contributed by atoms with Crippen LogP contribution in [0.1, 0.15) is 28.1 Å². The number of benzene rings is 3. The molecule has 7 nitrogen and oxygen atoms in total. The predicted octanol–water partition coefficient (Wildman–Crippen LogP) is 4.22. The standard InChI is InChI=1S/C28H27N3O4/c1-19-14-16-24(17-15-19)31-21(3)26(20(2)30-31)29-25(32)18-35-27(33)28(34,22-10-6-4-7-11-22)23-12-8-5-9-13-23/h4-17,34H,18H2,1-3H3,(H,29,32). The van der Waals surface area contributed by atoms with E-state index in [9.17, 15) is 14.7 Å². The topological polar surface area (TPSA) is 93.5 Å². The minimum atomic E-state index is -2.05. The third-order valence-corrected chi connectivity index (χ3v) is 5.85. The van der Waals surface area contributed by atoms with Gasteiger partial charge in [-0.25, -0.2) is 9.48 Å². The number of rotatable bonds is 7. The van der Waals surface area contributed by atoms with E-state index in [1.54, 1.807) is 72.3 Å². The van der Waals surface area contributed by atoms with E-state index in [0.29, 0.717) is 22.5 Å². The van der Waals surface area contributed by atoms with Gasteiger partial charge < -0.3 is 15.2 Å². The molecule has 7 heteroatoms. The average molecular weight is 470 g/mol. The summed E-state index contributed by atoms with van der Waals surface area (Å²) in [5.74, 6) is -1.47. The van der Waals surface area contributed by atoms with E-state index < -0.39 is 24.1 Å². The molecule has 0 saturated heterocycles. The van der Waals surface area contributed by atoms with E-state index in [1.807, 2.05) is 38.1 Å². The molecule has 0 fully saturated rings. The number of aromatic nitrogens is 2. The second-order valence-electron chi connectivity index (χ2n) is 8.36. The van der Waals surface area contributed by atoms with E-state index in [1.165, 1.54) is 0 Å². The SMILES string of the molecule is Cc1ccc(-n2nc(C)c(NC(=O)COC(=O)C(O)(c3ccccc3)c3ccccc3)c2C)cc1. The molecule has 1 heterocycles. The van der Waals surface area contributed by atoms with Gasteiger partial charge in [0.15, 0.2) is 6.61 Å². The van der Waals surface area contributed by atoms with Crippen molar-refractivity contribution in [2.24, 2.45) is 0 Å². The van der Waals surface area contributed by atoms with Gasteiger partial charge in [0.05, 0.1) is 22.8 Å². The predicted molar refractivity (Wildman–Crippen MR) is 133 cm³/mol. The molecular weight excluding hydrogens is 442 g/mol. The number of esters is 1. The highest BCUT2D eigenvalue weighted by Gasteiger charge is 2.41. The van der Waals surface area contributed by atoms with Crippen molar-refractivity contribution >= 4 is 17.6 Å². The summed E-state index contributed by atoms with van der Waals surface area (Å²) < 4.78 is 7.06. The van der Waals surface area contributed by atoms with Crippen molar-refractivity contribution in [2.75, 3.05) is 11.9 Å². The fourth-order valence-electron chi connectivity index (χ4n) is 3.93. The zero-order valence-corrected chi connectivity index (χ0v) is 19.9. The smallest absolute Gasteiger partial charge is 0.348 e. The third-order valence-electron chi connectivity index (χ3n) is 5.85. The quantitative estimate of drug-likeness (QED) is 0.396. The summed E-state index contributed by atoms with van der Waals surface area (Å²) in [6.07, 6.45) is 0. The number of anilines is 1. The van der Waals surface area contributed by atoms with Crippen molar-refractivity contribution in [2.45, 2.75) is 26.4 Å². The van der Waals surface area contributed by atoms with Gasteiger partial charge in [0.25, 0.3) is 5.91 Å². The molecule has 3 aromatic carbocycles. The van der Waals surface area contributed by atoms with Gasteiger partial charge in [-0.15, -0.1) is 0 Å². The Hall–Kier alpha value is -4.23. The van der Waals surface area contributed by atoms with E-state index in [0.717, 1.165) is 16.9 Å². The first kappa shape index (κ1) is 23.9. The molecule has 0 bridgehead atoms. The number of aryl methyl sites for hydroxylation is 2. The number of hydrogen-bond donors (Lipinski definition) is 2. The van der Waals surface area contributed by atoms with Crippen LogP contribution in [0, 0.1) is 20.8 Å². The fourth-order valence-corrected chi connectivity index (χ4v) is 3.93. The molecule has 0 saturated carbocycles. The van der Waals surface area contributed by atoms with Crippen LogP contribution in [0.5, 0.6) is 0 Å². The molecule has 4 rings (SSSR count). The monoisotopic (exact) mass is 469 g/mol. The summed E-state index contributed by atoms with van der Waals surface area (Å²) in [6.45, 7) is 5.10. The Balaban J connectivity index is 1.50. The normalized spacial score (nSPS) is 11.2. The van der Waals surface area contributed by atoms with Crippen LogP contribution < -0.4 is 5.32 Å². The Bertz CT molecular complexity index is 1290. The lowest BCUT2D eigenvalue weighted by molar-refractivity contribution is -0.163. The zero-order valence-electron chi connectivity index (χ0n) is 19.9. The molecule has 0 spiro atoms. The Labute approximate surface area is 204 Å².